The van der Waals surface area contributed by atoms with Crippen LogP contribution in [0, 0.1) is 5.82 Å². The van der Waals surface area contributed by atoms with Crippen molar-refractivity contribution in [3.05, 3.63) is 71.7 Å². The van der Waals surface area contributed by atoms with Crippen molar-refractivity contribution in [2.24, 2.45) is 10.7 Å². The van der Waals surface area contributed by atoms with Crippen LogP contribution in [0.2, 0.25) is 0 Å². The fraction of sp³-hybridized carbons (Fsp3) is 0.200. The van der Waals surface area contributed by atoms with E-state index in [1.54, 1.807) is 31.2 Å². The van der Waals surface area contributed by atoms with Crippen LogP contribution in [0.25, 0.3) is 11.1 Å². The summed E-state index contributed by atoms with van der Waals surface area (Å²) in [5.74, 6) is 0.301. The molecule has 0 unspecified atom stereocenters. The van der Waals surface area contributed by atoms with E-state index in [1.807, 2.05) is 42.5 Å². The van der Waals surface area contributed by atoms with E-state index in [2.05, 4.69) is 15.6 Å². The molecule has 3 rings (SSSR count). The molecule has 0 fully saturated rings. The Balaban J connectivity index is 1.63. The topological polar surface area (TPSA) is 79.7 Å². The lowest BCUT2D eigenvalue weighted by atomic mass is 10.0. The molecule has 3 N–H and O–H groups in total. The number of nitrogens with one attached hydrogen (secondary N) is 1. The third-order valence-electron chi connectivity index (χ3n) is 3.90. The van der Waals surface area contributed by atoms with Gasteiger partial charge in [0.15, 0.2) is 0 Å². The lowest BCUT2D eigenvalue weighted by Gasteiger charge is -2.10. The molecule has 140 valence electrons. The lowest BCUT2D eigenvalue weighted by molar-refractivity contribution is 0.359. The normalized spacial score (nSPS) is 11.8. The number of guanidine groups is 1. The monoisotopic (exact) mass is 367 g/mol. The molecule has 1 heterocycles. The standard InChI is InChI=1S/C20H22FN5O/c1-26(2)24-20(22)23-19-13-16(25-27-19)10-8-14-9-11-17(18(21)12-14)15-6-4-3-5-7-15/h3-7,9,11-13H,8,10H2,1-2H3,(H3,22,23,24). The number of nitrogens with two attached hydrogens (primary N) is 1. The highest BCUT2D eigenvalue weighted by Crippen LogP contribution is 2.24. The fourth-order valence-electron chi connectivity index (χ4n) is 2.68. The van der Waals surface area contributed by atoms with Crippen molar-refractivity contribution in [1.29, 1.82) is 0 Å². The van der Waals surface area contributed by atoms with Crippen molar-refractivity contribution in [2.75, 3.05) is 14.1 Å². The van der Waals surface area contributed by atoms with Gasteiger partial charge < -0.3 is 10.3 Å². The second-order valence-corrected chi connectivity index (χ2v) is 6.34. The zero-order chi connectivity index (χ0) is 19.2. The number of aryl methyl sites for hydroxylation is 2. The van der Waals surface area contributed by atoms with Crippen molar-refractivity contribution < 1.29 is 8.91 Å². The third kappa shape index (κ3) is 5.15. The minimum Gasteiger partial charge on any atom is -0.368 e. The summed E-state index contributed by atoms with van der Waals surface area (Å²) in [7, 11) is 3.60. The highest BCUT2D eigenvalue weighted by Gasteiger charge is 2.08. The first-order valence-electron chi connectivity index (χ1n) is 8.59. The van der Waals surface area contributed by atoms with Crippen LogP contribution in [0.1, 0.15) is 11.3 Å². The molecule has 2 aromatic carbocycles. The molecule has 0 aliphatic rings. The van der Waals surface area contributed by atoms with E-state index >= 15 is 0 Å². The maximum atomic E-state index is 14.4. The van der Waals surface area contributed by atoms with Gasteiger partial charge >= 0.3 is 0 Å². The number of benzene rings is 2. The average Bonchev–Trinajstić information content (AvgIpc) is 3.07. The maximum Gasteiger partial charge on any atom is 0.253 e. The van der Waals surface area contributed by atoms with Crippen LogP contribution in [0.5, 0.6) is 0 Å². The number of hydrogen-bond donors (Lipinski definition) is 2. The van der Waals surface area contributed by atoms with Crippen LogP contribution in [0.3, 0.4) is 0 Å². The zero-order valence-electron chi connectivity index (χ0n) is 15.3. The Hall–Kier alpha value is -3.19. The summed E-state index contributed by atoms with van der Waals surface area (Å²) in [6.07, 6.45) is 1.26. The molecule has 0 amide bonds. The molecule has 0 saturated heterocycles. The van der Waals surface area contributed by atoms with Crippen molar-refractivity contribution >= 4 is 11.8 Å². The molecule has 1 aromatic heterocycles. The van der Waals surface area contributed by atoms with Crippen molar-refractivity contribution in [3.63, 3.8) is 0 Å². The van der Waals surface area contributed by atoms with Crippen LogP contribution < -0.4 is 11.2 Å². The van der Waals surface area contributed by atoms with Crippen molar-refractivity contribution in [1.82, 2.24) is 15.6 Å². The van der Waals surface area contributed by atoms with Gasteiger partial charge in [-0.05, 0) is 30.0 Å². The van der Waals surface area contributed by atoms with Gasteiger partial charge in [0.1, 0.15) is 5.82 Å². The molecule has 6 nitrogen and oxygen atoms in total. The lowest BCUT2D eigenvalue weighted by Crippen LogP contribution is -2.41. The molecule has 0 saturated carbocycles. The minimum absolute atomic E-state index is 0.210. The van der Waals surface area contributed by atoms with E-state index in [9.17, 15) is 4.39 Å². The average molecular weight is 367 g/mol. The highest BCUT2D eigenvalue weighted by atomic mass is 19.1. The van der Waals surface area contributed by atoms with E-state index in [-0.39, 0.29) is 11.8 Å². The number of aromatic nitrogens is 1. The van der Waals surface area contributed by atoms with Gasteiger partial charge in [-0.3, -0.25) is 5.43 Å². The van der Waals surface area contributed by atoms with Gasteiger partial charge in [0.2, 0.25) is 5.96 Å². The van der Waals surface area contributed by atoms with Gasteiger partial charge in [-0.15, -0.1) is 0 Å². The molecule has 27 heavy (non-hydrogen) atoms. The smallest absolute Gasteiger partial charge is 0.253 e. The van der Waals surface area contributed by atoms with Crippen molar-refractivity contribution in [3.8, 4) is 11.1 Å². The Labute approximate surface area is 157 Å². The maximum absolute atomic E-state index is 14.4. The summed E-state index contributed by atoms with van der Waals surface area (Å²) in [5.41, 5.74) is 11.6. The van der Waals surface area contributed by atoms with E-state index in [0.29, 0.717) is 24.3 Å². The van der Waals surface area contributed by atoms with Gasteiger partial charge in [-0.2, -0.15) is 4.99 Å². The Kier molecular flexibility index (Phi) is 5.83. The second kappa shape index (κ2) is 8.46. The van der Waals surface area contributed by atoms with Crippen molar-refractivity contribution in [2.45, 2.75) is 12.8 Å². The first-order valence-corrected chi connectivity index (χ1v) is 8.59. The van der Waals surface area contributed by atoms with Gasteiger partial charge in [0, 0.05) is 25.7 Å². The number of aliphatic imine (C=N–C) groups is 1. The Morgan fingerprint density at radius 3 is 2.63 bits per heavy atom. The molecular formula is C20H22FN5O. The van der Waals surface area contributed by atoms with Gasteiger partial charge in [0.25, 0.3) is 5.88 Å². The minimum atomic E-state index is -0.230. The molecule has 3 aromatic rings. The highest BCUT2D eigenvalue weighted by molar-refractivity contribution is 5.79. The Morgan fingerprint density at radius 1 is 1.15 bits per heavy atom. The van der Waals surface area contributed by atoms with Gasteiger partial charge in [-0.1, -0.05) is 47.6 Å². The molecule has 0 aliphatic carbocycles. The number of rotatable bonds is 6. The predicted molar refractivity (Wildman–Crippen MR) is 104 cm³/mol. The predicted octanol–water partition coefficient (Wildman–Crippen LogP) is 3.28. The second-order valence-electron chi connectivity index (χ2n) is 6.34. The summed E-state index contributed by atoms with van der Waals surface area (Å²) in [6.45, 7) is 0. The number of hydrogen-bond acceptors (Lipinski definition) is 4. The molecule has 0 bridgehead atoms. The van der Waals surface area contributed by atoms with Gasteiger partial charge in [-0.25, -0.2) is 9.40 Å². The van der Waals surface area contributed by atoms with Crippen LogP contribution in [0.4, 0.5) is 10.3 Å². The van der Waals surface area contributed by atoms with Crippen LogP contribution in [0.15, 0.2) is 64.1 Å². The molecule has 0 spiro atoms. The summed E-state index contributed by atoms with van der Waals surface area (Å²) >= 11 is 0. The largest absolute Gasteiger partial charge is 0.368 e. The van der Waals surface area contributed by atoms with E-state index in [0.717, 1.165) is 16.8 Å². The van der Waals surface area contributed by atoms with E-state index in [1.165, 1.54) is 0 Å². The SMILES string of the molecule is CN(C)NC(N)=Nc1cc(CCc2ccc(-c3ccccc3)c(F)c2)no1. The van der Waals surface area contributed by atoms with Gasteiger partial charge in [0.05, 0.1) is 5.69 Å². The third-order valence-corrected chi connectivity index (χ3v) is 3.90. The number of hydrazine groups is 1. The molecular weight excluding hydrogens is 345 g/mol. The summed E-state index contributed by atoms with van der Waals surface area (Å²) in [5, 5.41) is 5.65. The van der Waals surface area contributed by atoms with E-state index < -0.39 is 0 Å². The zero-order valence-corrected chi connectivity index (χ0v) is 15.3. The summed E-state index contributed by atoms with van der Waals surface area (Å²) in [6, 6.07) is 16.5. The molecule has 0 radical (unpaired) electrons. The van der Waals surface area contributed by atoms with E-state index in [4.69, 9.17) is 10.3 Å². The number of halogens is 1. The van der Waals surface area contributed by atoms with Crippen LogP contribution in [-0.4, -0.2) is 30.2 Å². The van der Waals surface area contributed by atoms with Crippen LogP contribution in [-0.2, 0) is 12.8 Å². The Bertz CT molecular complexity index is 921. The first-order chi connectivity index (χ1) is 13.0. The first kappa shape index (κ1) is 18.6. The fourth-order valence-corrected chi connectivity index (χ4v) is 2.68. The molecule has 7 heteroatoms. The molecule has 0 aliphatic heterocycles. The molecule has 0 atom stereocenters. The van der Waals surface area contributed by atoms with Crippen LogP contribution >= 0.6 is 0 Å². The summed E-state index contributed by atoms with van der Waals surface area (Å²) < 4.78 is 19.6. The quantitative estimate of drug-likeness (QED) is 0.397. The Morgan fingerprint density at radius 2 is 1.93 bits per heavy atom. The number of nitrogens with zero attached hydrogens (tertiary/aromatic N) is 3. The summed E-state index contributed by atoms with van der Waals surface area (Å²) in [4.78, 5) is 4.09.